The lowest BCUT2D eigenvalue weighted by Gasteiger charge is -2.21. The van der Waals surface area contributed by atoms with Crippen LogP contribution < -0.4 is 0 Å². The summed E-state index contributed by atoms with van der Waals surface area (Å²) in [4.78, 5) is 0. The van der Waals surface area contributed by atoms with E-state index < -0.39 is 0 Å². The first-order chi connectivity index (χ1) is 8.40. The Bertz CT molecular complexity index is 360. The summed E-state index contributed by atoms with van der Waals surface area (Å²) in [5.74, 6) is 0.589. The van der Waals surface area contributed by atoms with Crippen molar-refractivity contribution in [2.24, 2.45) is 5.92 Å². The van der Waals surface area contributed by atoms with Crippen molar-refractivity contribution in [1.82, 2.24) is 0 Å². The van der Waals surface area contributed by atoms with E-state index in [1.165, 1.54) is 5.56 Å². The highest BCUT2D eigenvalue weighted by Gasteiger charge is 2.13. The second kappa shape index (κ2) is 7.52. The Hall–Kier alpha value is -0.0500. The van der Waals surface area contributed by atoms with Crippen molar-refractivity contribution < 1.29 is 4.74 Å². The molecule has 0 aromatic heterocycles. The maximum Gasteiger partial charge on any atom is 0.0598 e. The highest BCUT2D eigenvalue weighted by Crippen LogP contribution is 2.19. The van der Waals surface area contributed by atoms with Crippen molar-refractivity contribution in [3.63, 3.8) is 0 Å². The van der Waals surface area contributed by atoms with Crippen molar-refractivity contribution >= 4 is 27.5 Å². The molecule has 0 amide bonds. The molecule has 0 N–H and O–H groups in total. The Labute approximate surface area is 124 Å². The average Bonchev–Trinajstić information content (AvgIpc) is 2.26. The second-order valence-electron chi connectivity index (χ2n) is 5.60. The number of hydrogen-bond acceptors (Lipinski definition) is 1. The van der Waals surface area contributed by atoms with Gasteiger partial charge in [0.05, 0.1) is 5.60 Å². The standard InChI is InChI=1S/C15H22BrClO/c1-15(2,3)18-8-7-13(11-16)9-12-5-4-6-14(17)10-12/h4-6,10,13H,7-9,11H2,1-3H3. The van der Waals surface area contributed by atoms with Gasteiger partial charge in [0.1, 0.15) is 0 Å². The van der Waals surface area contributed by atoms with Crippen LogP contribution in [0.2, 0.25) is 5.02 Å². The monoisotopic (exact) mass is 332 g/mol. The Morgan fingerprint density at radius 2 is 2.06 bits per heavy atom. The molecule has 1 rings (SSSR count). The molecule has 102 valence electrons. The van der Waals surface area contributed by atoms with Gasteiger partial charge in [0.2, 0.25) is 0 Å². The van der Waals surface area contributed by atoms with Gasteiger partial charge in [-0.25, -0.2) is 0 Å². The summed E-state index contributed by atoms with van der Waals surface area (Å²) in [7, 11) is 0. The van der Waals surface area contributed by atoms with Gasteiger partial charge in [-0.3, -0.25) is 0 Å². The molecule has 1 atom stereocenters. The molecule has 0 fully saturated rings. The van der Waals surface area contributed by atoms with E-state index in [-0.39, 0.29) is 5.60 Å². The fourth-order valence-electron chi connectivity index (χ4n) is 1.76. The molecule has 0 bridgehead atoms. The summed E-state index contributed by atoms with van der Waals surface area (Å²) in [5, 5.41) is 1.80. The molecule has 0 heterocycles. The van der Waals surface area contributed by atoms with Crippen LogP contribution in [0, 0.1) is 5.92 Å². The van der Waals surface area contributed by atoms with Crippen LogP contribution in [0.5, 0.6) is 0 Å². The third kappa shape index (κ3) is 6.77. The van der Waals surface area contributed by atoms with E-state index >= 15 is 0 Å². The molecule has 18 heavy (non-hydrogen) atoms. The number of hydrogen-bond donors (Lipinski definition) is 0. The first-order valence-electron chi connectivity index (χ1n) is 6.35. The number of alkyl halides is 1. The molecule has 0 saturated carbocycles. The van der Waals surface area contributed by atoms with E-state index in [1.54, 1.807) is 0 Å². The predicted molar refractivity (Wildman–Crippen MR) is 82.8 cm³/mol. The molecule has 0 radical (unpaired) electrons. The van der Waals surface area contributed by atoms with Crippen LogP contribution >= 0.6 is 27.5 Å². The van der Waals surface area contributed by atoms with Crippen molar-refractivity contribution in [3.05, 3.63) is 34.9 Å². The molecule has 1 unspecified atom stereocenters. The minimum atomic E-state index is -0.0487. The van der Waals surface area contributed by atoms with Crippen LogP contribution in [0.4, 0.5) is 0 Å². The Morgan fingerprint density at radius 1 is 1.33 bits per heavy atom. The number of rotatable bonds is 6. The van der Waals surface area contributed by atoms with Gasteiger partial charge >= 0.3 is 0 Å². The maximum atomic E-state index is 6.00. The summed E-state index contributed by atoms with van der Waals surface area (Å²) >= 11 is 9.58. The van der Waals surface area contributed by atoms with Crippen LogP contribution in [0.25, 0.3) is 0 Å². The maximum absolute atomic E-state index is 6.00. The van der Waals surface area contributed by atoms with Gasteiger partial charge in [-0.15, -0.1) is 0 Å². The van der Waals surface area contributed by atoms with Crippen molar-refractivity contribution in [1.29, 1.82) is 0 Å². The molecule has 0 spiro atoms. The minimum Gasteiger partial charge on any atom is -0.376 e. The lowest BCUT2D eigenvalue weighted by atomic mass is 9.98. The van der Waals surface area contributed by atoms with E-state index in [0.717, 1.165) is 29.8 Å². The molecule has 1 nitrogen and oxygen atoms in total. The third-order valence-electron chi connectivity index (χ3n) is 2.69. The van der Waals surface area contributed by atoms with Crippen LogP contribution in [0.15, 0.2) is 24.3 Å². The Morgan fingerprint density at radius 3 is 2.61 bits per heavy atom. The highest BCUT2D eigenvalue weighted by atomic mass is 79.9. The molecule has 0 aliphatic rings. The summed E-state index contributed by atoms with van der Waals surface area (Å²) in [6.07, 6.45) is 2.11. The van der Waals surface area contributed by atoms with Crippen LogP contribution in [0.3, 0.4) is 0 Å². The molecule has 1 aromatic carbocycles. The van der Waals surface area contributed by atoms with Crippen molar-refractivity contribution in [2.45, 2.75) is 39.2 Å². The van der Waals surface area contributed by atoms with E-state index in [2.05, 4.69) is 42.8 Å². The van der Waals surface area contributed by atoms with Crippen molar-refractivity contribution in [3.8, 4) is 0 Å². The third-order valence-corrected chi connectivity index (χ3v) is 3.84. The highest BCUT2D eigenvalue weighted by molar-refractivity contribution is 9.09. The fraction of sp³-hybridized carbons (Fsp3) is 0.600. The zero-order valence-corrected chi connectivity index (χ0v) is 13.7. The van der Waals surface area contributed by atoms with Crippen LogP contribution in [0.1, 0.15) is 32.8 Å². The smallest absolute Gasteiger partial charge is 0.0598 e. The van der Waals surface area contributed by atoms with Crippen LogP contribution in [-0.4, -0.2) is 17.5 Å². The average molecular weight is 334 g/mol. The van der Waals surface area contributed by atoms with E-state index in [0.29, 0.717) is 5.92 Å². The zero-order chi connectivity index (χ0) is 13.6. The topological polar surface area (TPSA) is 9.23 Å². The number of halogens is 2. The molecule has 3 heteroatoms. The van der Waals surface area contributed by atoms with Gasteiger partial charge in [-0.1, -0.05) is 39.7 Å². The van der Waals surface area contributed by atoms with E-state index in [1.807, 2.05) is 18.2 Å². The lowest BCUT2D eigenvalue weighted by molar-refractivity contribution is -0.00821. The Kier molecular flexibility index (Phi) is 6.68. The number of ether oxygens (including phenoxy) is 1. The van der Waals surface area contributed by atoms with Crippen molar-refractivity contribution in [2.75, 3.05) is 11.9 Å². The number of benzene rings is 1. The quantitative estimate of drug-likeness (QED) is 0.658. The molecule has 0 aliphatic carbocycles. The SMILES string of the molecule is CC(C)(C)OCCC(CBr)Cc1cccc(Cl)c1. The van der Waals surface area contributed by atoms with Gasteiger partial charge < -0.3 is 4.74 Å². The van der Waals surface area contributed by atoms with Gasteiger partial charge in [0.25, 0.3) is 0 Å². The molecule has 1 aromatic rings. The summed E-state index contributed by atoms with van der Waals surface area (Å²) < 4.78 is 5.78. The first-order valence-corrected chi connectivity index (χ1v) is 7.85. The normalized spacial score (nSPS) is 13.6. The summed E-state index contributed by atoms with van der Waals surface area (Å²) in [6, 6.07) is 8.10. The molecule has 0 aliphatic heterocycles. The largest absolute Gasteiger partial charge is 0.376 e. The lowest BCUT2D eigenvalue weighted by Crippen LogP contribution is -2.21. The minimum absolute atomic E-state index is 0.0487. The fourth-order valence-corrected chi connectivity index (χ4v) is 2.53. The predicted octanol–water partition coefficient (Wildman–Crippen LogP) is 5.10. The van der Waals surface area contributed by atoms with E-state index in [4.69, 9.17) is 16.3 Å². The van der Waals surface area contributed by atoms with E-state index in [9.17, 15) is 0 Å². The van der Waals surface area contributed by atoms with Gasteiger partial charge in [-0.2, -0.15) is 0 Å². The molecular formula is C15H22BrClO. The second-order valence-corrected chi connectivity index (χ2v) is 6.69. The van der Waals surface area contributed by atoms with Crippen LogP contribution in [-0.2, 0) is 11.2 Å². The van der Waals surface area contributed by atoms with Gasteiger partial charge in [0.15, 0.2) is 0 Å². The first kappa shape index (κ1) is 16.0. The molecule has 0 saturated heterocycles. The summed E-state index contributed by atoms with van der Waals surface area (Å²) in [5.41, 5.74) is 1.25. The molecular weight excluding hydrogens is 312 g/mol. The summed E-state index contributed by atoms with van der Waals surface area (Å²) in [6.45, 7) is 7.08. The zero-order valence-electron chi connectivity index (χ0n) is 11.4. The van der Waals surface area contributed by atoms with Gasteiger partial charge in [-0.05, 0) is 57.2 Å². The Balaban J connectivity index is 2.42. The van der Waals surface area contributed by atoms with Gasteiger partial charge in [0, 0.05) is 17.0 Å².